The molecule has 0 aliphatic rings. The van der Waals surface area contributed by atoms with Gasteiger partial charge in [-0.15, -0.1) is 0 Å². The summed E-state index contributed by atoms with van der Waals surface area (Å²) in [5.74, 6) is -0.218. The van der Waals surface area contributed by atoms with Crippen LogP contribution in [0, 0.1) is 10.1 Å². The topological polar surface area (TPSA) is 69.4 Å². The first kappa shape index (κ1) is 9.05. The predicted octanol–water partition coefficient (Wildman–Crippen LogP) is 2.47. The van der Waals surface area contributed by atoms with Crippen molar-refractivity contribution >= 4 is 5.88 Å². The van der Waals surface area contributed by atoms with Gasteiger partial charge in [0.25, 0.3) is 0 Å². The van der Waals surface area contributed by atoms with E-state index in [1.807, 2.05) is 12.1 Å². The lowest BCUT2D eigenvalue weighted by atomic mass is 10.6. The monoisotopic (exact) mass is 181 g/mol. The molecule has 5 nitrogen and oxygen atoms in total. The Morgan fingerprint density at radius 2 is 1.85 bits per heavy atom. The highest BCUT2D eigenvalue weighted by Crippen LogP contribution is 2.08. The maximum absolute atomic E-state index is 9.77. The molecule has 0 spiro atoms. The molecule has 2 aromatic heterocycles. The van der Waals surface area contributed by atoms with Gasteiger partial charge < -0.3 is 8.83 Å². The van der Waals surface area contributed by atoms with Gasteiger partial charge in [-0.05, 0) is 18.2 Å². The minimum atomic E-state index is -0.583. The molecule has 0 bridgehead atoms. The Balaban J connectivity index is 0.000000145. The van der Waals surface area contributed by atoms with Gasteiger partial charge in [0.15, 0.2) is 0 Å². The third-order valence-electron chi connectivity index (χ3n) is 1.11. The van der Waals surface area contributed by atoms with Crippen LogP contribution in [0.5, 0.6) is 0 Å². The van der Waals surface area contributed by atoms with Gasteiger partial charge in [-0.25, -0.2) is 0 Å². The Morgan fingerprint density at radius 3 is 2.08 bits per heavy atom. The van der Waals surface area contributed by atoms with Crippen molar-refractivity contribution in [3.05, 3.63) is 53.2 Å². The van der Waals surface area contributed by atoms with E-state index in [1.165, 1.54) is 18.4 Å². The molecule has 0 saturated heterocycles. The van der Waals surface area contributed by atoms with Crippen molar-refractivity contribution in [3.8, 4) is 0 Å². The van der Waals surface area contributed by atoms with E-state index in [4.69, 9.17) is 0 Å². The van der Waals surface area contributed by atoms with E-state index < -0.39 is 4.92 Å². The zero-order valence-electron chi connectivity index (χ0n) is 6.62. The smallest absolute Gasteiger partial charge is 0.432 e. The van der Waals surface area contributed by atoms with E-state index in [0.717, 1.165) is 0 Å². The van der Waals surface area contributed by atoms with Gasteiger partial charge in [0.2, 0.25) is 0 Å². The molecule has 0 unspecified atom stereocenters. The average Bonchev–Trinajstić information content (AvgIpc) is 2.82. The van der Waals surface area contributed by atoms with Crippen LogP contribution < -0.4 is 0 Å². The van der Waals surface area contributed by atoms with E-state index >= 15 is 0 Å². The van der Waals surface area contributed by atoms with Gasteiger partial charge in [-0.3, -0.25) is 10.1 Å². The highest BCUT2D eigenvalue weighted by Gasteiger charge is 2.04. The van der Waals surface area contributed by atoms with Gasteiger partial charge in [0.05, 0.1) is 24.9 Å². The summed E-state index contributed by atoms with van der Waals surface area (Å²) >= 11 is 0. The van der Waals surface area contributed by atoms with Crippen LogP contribution in [0.2, 0.25) is 0 Å². The van der Waals surface area contributed by atoms with Gasteiger partial charge in [-0.1, -0.05) is 0 Å². The van der Waals surface area contributed by atoms with E-state index in [9.17, 15) is 10.1 Å². The Hall–Kier alpha value is -2.04. The van der Waals surface area contributed by atoms with Gasteiger partial charge in [-0.2, -0.15) is 0 Å². The normalized spacial score (nSPS) is 8.62. The number of nitrogens with zero attached hydrogens (tertiary/aromatic N) is 1. The molecule has 2 aromatic rings. The van der Waals surface area contributed by atoms with E-state index in [0.29, 0.717) is 0 Å². The molecular weight excluding hydrogens is 174 g/mol. The molecular formula is C8H7NO4. The molecule has 0 aliphatic carbocycles. The van der Waals surface area contributed by atoms with E-state index in [-0.39, 0.29) is 5.88 Å². The lowest BCUT2D eigenvalue weighted by molar-refractivity contribution is -0.402. The number of nitro groups is 1. The Kier molecular flexibility index (Phi) is 3.31. The fourth-order valence-electron chi connectivity index (χ4n) is 0.601. The molecule has 2 heterocycles. The zero-order valence-corrected chi connectivity index (χ0v) is 6.62. The minimum Gasteiger partial charge on any atom is -0.473 e. The Labute approximate surface area is 73.7 Å². The lowest BCUT2D eigenvalue weighted by Crippen LogP contribution is -1.81. The SMILES string of the molecule is O=[N+]([O-])c1ccco1.c1ccoc1. The minimum absolute atomic E-state index is 0.218. The molecule has 0 N–H and O–H groups in total. The van der Waals surface area contributed by atoms with Gasteiger partial charge in [0, 0.05) is 0 Å². The van der Waals surface area contributed by atoms with Crippen LogP contribution in [0.25, 0.3) is 0 Å². The van der Waals surface area contributed by atoms with E-state index in [2.05, 4.69) is 8.83 Å². The highest BCUT2D eigenvalue weighted by molar-refractivity contribution is 5.11. The number of hydrogen-bond acceptors (Lipinski definition) is 4. The molecule has 0 saturated carbocycles. The summed E-state index contributed by atoms with van der Waals surface area (Å²) in [6, 6.07) is 6.43. The molecule has 0 fully saturated rings. The predicted molar refractivity (Wildman–Crippen MR) is 44.1 cm³/mol. The van der Waals surface area contributed by atoms with Crippen molar-refractivity contribution in [2.45, 2.75) is 0 Å². The Bertz CT molecular complexity index is 308. The quantitative estimate of drug-likeness (QED) is 0.500. The molecule has 0 aromatic carbocycles. The largest absolute Gasteiger partial charge is 0.473 e. The second kappa shape index (κ2) is 4.76. The molecule has 2 rings (SSSR count). The number of rotatable bonds is 1. The number of furan rings is 2. The van der Waals surface area contributed by atoms with Crippen molar-refractivity contribution in [2.24, 2.45) is 0 Å². The molecule has 0 amide bonds. The third-order valence-corrected chi connectivity index (χ3v) is 1.11. The van der Waals surface area contributed by atoms with E-state index in [1.54, 1.807) is 12.5 Å². The molecule has 0 atom stereocenters. The first-order valence-electron chi connectivity index (χ1n) is 3.46. The van der Waals surface area contributed by atoms with Gasteiger partial charge >= 0.3 is 5.88 Å². The summed E-state index contributed by atoms with van der Waals surface area (Å²) in [4.78, 5) is 9.19. The third kappa shape index (κ3) is 3.24. The van der Waals surface area contributed by atoms with Crippen molar-refractivity contribution < 1.29 is 13.8 Å². The summed E-state index contributed by atoms with van der Waals surface area (Å²) in [5, 5.41) is 9.77. The maximum atomic E-state index is 9.77. The Morgan fingerprint density at radius 1 is 1.15 bits per heavy atom. The van der Waals surface area contributed by atoms with Crippen LogP contribution >= 0.6 is 0 Å². The summed E-state index contributed by atoms with van der Waals surface area (Å²) in [6.45, 7) is 0. The molecule has 0 aliphatic heterocycles. The fraction of sp³-hybridized carbons (Fsp3) is 0. The highest BCUT2D eigenvalue weighted by atomic mass is 16.6. The summed E-state index contributed by atoms with van der Waals surface area (Å²) in [5.41, 5.74) is 0. The van der Waals surface area contributed by atoms with Crippen LogP contribution in [-0.4, -0.2) is 4.92 Å². The second-order valence-corrected chi connectivity index (χ2v) is 2.00. The average molecular weight is 181 g/mol. The number of hydrogen-bond donors (Lipinski definition) is 0. The van der Waals surface area contributed by atoms with Crippen LogP contribution in [-0.2, 0) is 0 Å². The molecule has 13 heavy (non-hydrogen) atoms. The first-order chi connectivity index (χ1) is 6.30. The van der Waals surface area contributed by atoms with Crippen molar-refractivity contribution in [2.75, 3.05) is 0 Å². The summed E-state index contributed by atoms with van der Waals surface area (Å²) in [6.07, 6.45) is 4.51. The maximum Gasteiger partial charge on any atom is 0.432 e. The zero-order chi connectivity index (χ0) is 9.52. The molecule has 68 valence electrons. The van der Waals surface area contributed by atoms with Gasteiger partial charge in [0.1, 0.15) is 4.92 Å². The first-order valence-corrected chi connectivity index (χ1v) is 3.46. The van der Waals surface area contributed by atoms with Crippen molar-refractivity contribution in [3.63, 3.8) is 0 Å². The van der Waals surface area contributed by atoms with Crippen LogP contribution in [0.1, 0.15) is 0 Å². The van der Waals surface area contributed by atoms with Crippen LogP contribution in [0.4, 0.5) is 5.88 Å². The van der Waals surface area contributed by atoms with Crippen LogP contribution in [0.3, 0.4) is 0 Å². The standard InChI is InChI=1S/C4H3NO3.C4H4O/c6-5(7)4-2-1-3-8-4;1-2-4-5-3-1/h1-3H;1-4H. The molecule has 0 radical (unpaired) electrons. The molecule has 5 heteroatoms. The van der Waals surface area contributed by atoms with Crippen LogP contribution in [0.15, 0.2) is 51.9 Å². The summed E-state index contributed by atoms with van der Waals surface area (Å²) in [7, 11) is 0. The van der Waals surface area contributed by atoms with Crippen molar-refractivity contribution in [1.29, 1.82) is 0 Å². The lowest BCUT2D eigenvalue weighted by Gasteiger charge is -1.76. The second-order valence-electron chi connectivity index (χ2n) is 2.00. The fourth-order valence-corrected chi connectivity index (χ4v) is 0.601. The van der Waals surface area contributed by atoms with Crippen molar-refractivity contribution in [1.82, 2.24) is 0 Å². The summed E-state index contributed by atoms with van der Waals surface area (Å²) < 4.78 is 8.98.